The molecule has 1 aliphatic heterocycles. The molecule has 2 aromatic carbocycles. The molecule has 0 spiro atoms. The van der Waals surface area contributed by atoms with Crippen LogP contribution >= 0.6 is 0 Å². The van der Waals surface area contributed by atoms with E-state index in [0.29, 0.717) is 6.10 Å². The molecule has 0 bridgehead atoms. The highest BCUT2D eigenvalue weighted by Gasteiger charge is 2.52. The summed E-state index contributed by atoms with van der Waals surface area (Å²) in [7, 11) is 0. The first-order chi connectivity index (χ1) is 17.4. The number of anilines is 2. The van der Waals surface area contributed by atoms with Crippen molar-refractivity contribution in [2.24, 2.45) is 5.41 Å². The van der Waals surface area contributed by atoms with Crippen LogP contribution in [0.25, 0.3) is 16.0 Å². The minimum atomic E-state index is -0.287. The molecule has 2 saturated carbocycles. The van der Waals surface area contributed by atoms with Crippen molar-refractivity contribution in [3.8, 4) is 11.1 Å². The third kappa shape index (κ3) is 4.21. The van der Waals surface area contributed by atoms with E-state index in [2.05, 4.69) is 69.6 Å². The maximum Gasteiger partial charge on any atom is 0.258 e. The lowest BCUT2D eigenvalue weighted by molar-refractivity contribution is -0.00476. The molecule has 1 saturated heterocycles. The highest BCUT2D eigenvalue weighted by molar-refractivity contribution is 5.76. The lowest BCUT2D eigenvalue weighted by Crippen LogP contribution is -2.49. The van der Waals surface area contributed by atoms with E-state index in [4.69, 9.17) is 15.8 Å². The summed E-state index contributed by atoms with van der Waals surface area (Å²) in [5.74, 6) is 0.841. The summed E-state index contributed by atoms with van der Waals surface area (Å²) in [5.41, 5.74) is 7.73. The van der Waals surface area contributed by atoms with Crippen molar-refractivity contribution in [3.05, 3.63) is 76.5 Å². The number of rotatable bonds is 9. The number of hydrogen-bond donors (Lipinski definition) is 1. The molecule has 3 aromatic rings. The normalized spacial score (nSPS) is 19.4. The van der Waals surface area contributed by atoms with Crippen LogP contribution < -0.4 is 10.2 Å². The molecule has 36 heavy (non-hydrogen) atoms. The summed E-state index contributed by atoms with van der Waals surface area (Å²) in [6.07, 6.45) is 4.66. The zero-order chi connectivity index (χ0) is 24.9. The Kier molecular flexibility index (Phi) is 5.66. The molecule has 3 aliphatic rings. The average Bonchev–Trinajstić information content (AvgIpc) is 3.78. The molecular formula is C30H34N4O2. The molecule has 0 radical (unpaired) electrons. The molecule has 0 amide bonds. The van der Waals surface area contributed by atoms with Gasteiger partial charge in [0.05, 0.1) is 18.4 Å². The zero-order valence-corrected chi connectivity index (χ0v) is 21.4. The van der Waals surface area contributed by atoms with E-state index in [1.54, 1.807) is 0 Å². The first-order valence-corrected chi connectivity index (χ1v) is 13.0. The van der Waals surface area contributed by atoms with Crippen molar-refractivity contribution in [1.29, 1.82) is 0 Å². The standard InChI is InChI=1S/C30H34N4O2/c1-20-5-6-23(28-21(2)33-36-22(28)3)15-27(20)34(18-29(11-12-29)19-35-26-16-32-17-26)25-9-7-24(8-10-25)30(31-4)13-14-30/h5-10,15,26,32H,11-14,16-19H2,1-3H3. The van der Waals surface area contributed by atoms with Gasteiger partial charge in [-0.25, -0.2) is 6.57 Å². The van der Waals surface area contributed by atoms with E-state index in [9.17, 15) is 0 Å². The Bertz CT molecular complexity index is 1290. The van der Waals surface area contributed by atoms with Crippen LogP contribution in [0.15, 0.2) is 47.0 Å². The molecule has 1 N–H and O–H groups in total. The summed E-state index contributed by atoms with van der Waals surface area (Å²) in [6, 6.07) is 15.4. The van der Waals surface area contributed by atoms with Crippen LogP contribution in [0.2, 0.25) is 0 Å². The van der Waals surface area contributed by atoms with Gasteiger partial charge in [-0.05, 0) is 75.1 Å². The number of aromatic nitrogens is 1. The summed E-state index contributed by atoms with van der Waals surface area (Å²) < 4.78 is 11.7. The van der Waals surface area contributed by atoms with Crippen molar-refractivity contribution in [2.45, 2.75) is 58.1 Å². The highest BCUT2D eigenvalue weighted by atomic mass is 16.5. The van der Waals surface area contributed by atoms with Crippen molar-refractivity contribution in [2.75, 3.05) is 31.1 Å². The molecule has 1 aromatic heterocycles. The van der Waals surface area contributed by atoms with Crippen LogP contribution in [0, 0.1) is 32.8 Å². The van der Waals surface area contributed by atoms with Crippen molar-refractivity contribution < 1.29 is 9.26 Å². The second-order valence-corrected chi connectivity index (χ2v) is 11.1. The Morgan fingerprint density at radius 1 is 1.08 bits per heavy atom. The molecule has 2 heterocycles. The minimum Gasteiger partial charge on any atom is -0.375 e. The van der Waals surface area contributed by atoms with Gasteiger partial charge in [0.25, 0.3) is 5.54 Å². The minimum absolute atomic E-state index is 0.175. The van der Waals surface area contributed by atoms with Crippen molar-refractivity contribution in [3.63, 3.8) is 0 Å². The molecule has 0 atom stereocenters. The maximum absolute atomic E-state index is 7.64. The van der Waals surface area contributed by atoms with E-state index in [-0.39, 0.29) is 11.0 Å². The first kappa shape index (κ1) is 23.3. The quantitative estimate of drug-likeness (QED) is 0.375. The fourth-order valence-corrected chi connectivity index (χ4v) is 5.34. The molecule has 186 valence electrons. The lowest BCUT2D eigenvalue weighted by Gasteiger charge is -2.34. The summed E-state index contributed by atoms with van der Waals surface area (Å²) >= 11 is 0. The van der Waals surface area contributed by atoms with Gasteiger partial charge in [-0.15, -0.1) is 0 Å². The number of benzene rings is 2. The van der Waals surface area contributed by atoms with E-state index >= 15 is 0 Å². The largest absolute Gasteiger partial charge is 0.375 e. The number of aryl methyl sites for hydroxylation is 3. The van der Waals surface area contributed by atoms with E-state index in [1.165, 1.54) is 24.1 Å². The third-order valence-electron chi connectivity index (χ3n) is 8.30. The van der Waals surface area contributed by atoms with Crippen LogP contribution in [0.4, 0.5) is 11.4 Å². The topological polar surface area (TPSA) is 54.9 Å². The fourth-order valence-electron chi connectivity index (χ4n) is 5.34. The van der Waals surface area contributed by atoms with Crippen LogP contribution in [0.5, 0.6) is 0 Å². The third-order valence-corrected chi connectivity index (χ3v) is 8.30. The van der Waals surface area contributed by atoms with Crippen molar-refractivity contribution in [1.82, 2.24) is 10.5 Å². The number of ether oxygens (including phenoxy) is 1. The summed E-state index contributed by atoms with van der Waals surface area (Å²) in [6.45, 7) is 17.4. The summed E-state index contributed by atoms with van der Waals surface area (Å²) in [4.78, 5) is 6.39. The van der Waals surface area contributed by atoms with Crippen molar-refractivity contribution >= 4 is 11.4 Å². The van der Waals surface area contributed by atoms with Crippen LogP contribution in [-0.4, -0.2) is 37.5 Å². The van der Waals surface area contributed by atoms with Gasteiger partial charge >= 0.3 is 0 Å². The SMILES string of the molecule is [C-]#[N+]C1(c2ccc(N(CC3(COC4CNC4)CC3)c3cc(-c4c(C)noc4C)ccc3C)cc2)CC1. The smallest absolute Gasteiger partial charge is 0.258 e. The van der Waals surface area contributed by atoms with Crippen LogP contribution in [-0.2, 0) is 10.3 Å². The van der Waals surface area contributed by atoms with Gasteiger partial charge in [-0.2, -0.15) is 0 Å². The van der Waals surface area contributed by atoms with Crippen LogP contribution in [0.3, 0.4) is 0 Å². The van der Waals surface area contributed by atoms with Gasteiger partial charge < -0.3 is 24.3 Å². The second-order valence-electron chi connectivity index (χ2n) is 11.1. The Labute approximate surface area is 213 Å². The van der Waals surface area contributed by atoms with E-state index in [1.807, 2.05) is 13.8 Å². The second kappa shape index (κ2) is 8.76. The molecule has 6 heteroatoms. The van der Waals surface area contributed by atoms with Gasteiger partial charge in [0, 0.05) is 60.4 Å². The molecule has 0 unspecified atom stereocenters. The fraction of sp³-hybridized carbons (Fsp3) is 0.467. The number of nitrogens with zero attached hydrogens (tertiary/aromatic N) is 3. The Morgan fingerprint density at radius 3 is 2.39 bits per heavy atom. The highest BCUT2D eigenvalue weighted by Crippen LogP contribution is 2.51. The molecule has 6 rings (SSSR count). The van der Waals surface area contributed by atoms with E-state index < -0.39 is 0 Å². The molecule has 6 nitrogen and oxygen atoms in total. The predicted octanol–water partition coefficient (Wildman–Crippen LogP) is 6.08. The summed E-state index contributed by atoms with van der Waals surface area (Å²) in [5, 5.41) is 7.49. The van der Waals surface area contributed by atoms with Gasteiger partial charge in [0.1, 0.15) is 5.76 Å². The first-order valence-electron chi connectivity index (χ1n) is 13.0. The molecule has 3 fully saturated rings. The molecular weight excluding hydrogens is 448 g/mol. The van der Waals surface area contributed by atoms with Gasteiger partial charge in [0.15, 0.2) is 0 Å². The maximum atomic E-state index is 7.64. The van der Waals surface area contributed by atoms with Gasteiger partial charge in [-0.1, -0.05) is 17.3 Å². The van der Waals surface area contributed by atoms with Gasteiger partial charge in [0.2, 0.25) is 0 Å². The monoisotopic (exact) mass is 482 g/mol. The molecule has 2 aliphatic carbocycles. The number of hydrogen-bond acceptors (Lipinski definition) is 5. The lowest BCUT2D eigenvalue weighted by atomic mass is 9.98. The van der Waals surface area contributed by atoms with Gasteiger partial charge in [-0.3, -0.25) is 0 Å². The van der Waals surface area contributed by atoms with Crippen LogP contribution in [0.1, 0.15) is 48.3 Å². The Hall–Kier alpha value is -3.14. The van der Waals surface area contributed by atoms with E-state index in [0.717, 1.165) is 72.9 Å². The Balaban J connectivity index is 1.36. The number of nitrogens with one attached hydrogen (secondary N) is 1. The predicted molar refractivity (Wildman–Crippen MR) is 141 cm³/mol. The zero-order valence-electron chi connectivity index (χ0n) is 21.4. The Morgan fingerprint density at radius 2 is 1.83 bits per heavy atom. The average molecular weight is 483 g/mol.